The van der Waals surface area contributed by atoms with Crippen LogP contribution in [0.2, 0.25) is 0 Å². The predicted molar refractivity (Wildman–Crippen MR) is 221 cm³/mol. The van der Waals surface area contributed by atoms with Crippen LogP contribution in [0.5, 0.6) is 0 Å². The number of halogens is 6. The van der Waals surface area contributed by atoms with Crippen molar-refractivity contribution in [2.75, 3.05) is 49.2 Å². The number of alkyl halides is 4. The molecule has 0 amide bonds. The fraction of sp³-hybridized carbons (Fsp3) is 0.632. The molecule has 344 valence electrons. The summed E-state index contributed by atoms with van der Waals surface area (Å²) in [7, 11) is -6.89. The number of aliphatic imine (C=N–C) groups is 2. The first-order valence-corrected chi connectivity index (χ1v) is 23.0. The average Bonchev–Trinajstić information content (AvgIpc) is 3.46. The molecule has 0 bridgehead atoms. The zero-order valence-electron chi connectivity index (χ0n) is 35.2. The molecule has 0 aliphatic carbocycles. The number of nitrogen functional groups attached to an aromatic ring is 2. The number of fused-ring (bicyclic) bond motifs is 2. The van der Waals surface area contributed by atoms with E-state index in [-0.39, 0.29) is 49.5 Å². The quantitative estimate of drug-likeness (QED) is 0.240. The summed E-state index contributed by atoms with van der Waals surface area (Å²) in [6.45, 7) is 10.8. The molecule has 6 rings (SSSR count). The monoisotopic (exact) mass is 922 g/mol. The first-order valence-electron chi connectivity index (χ1n) is 19.7. The van der Waals surface area contributed by atoms with Crippen LogP contribution in [0.15, 0.2) is 43.0 Å². The van der Waals surface area contributed by atoms with E-state index in [2.05, 4.69) is 28.7 Å². The Kier molecular flexibility index (Phi) is 14.1. The Morgan fingerprint density at radius 3 is 1.35 bits per heavy atom. The summed E-state index contributed by atoms with van der Waals surface area (Å²) in [6, 6.07) is 4.09. The Morgan fingerprint density at radius 1 is 0.677 bits per heavy atom. The van der Waals surface area contributed by atoms with Gasteiger partial charge in [0.1, 0.15) is 90.2 Å². The van der Waals surface area contributed by atoms with Crippen LogP contribution in [0.4, 0.5) is 38.0 Å². The van der Waals surface area contributed by atoms with E-state index in [0.29, 0.717) is 25.7 Å². The number of amidine groups is 2. The number of carbonyl (C=O) groups excluding carboxylic acids is 2. The molecule has 2 aromatic rings. The van der Waals surface area contributed by atoms with Gasteiger partial charge in [-0.05, 0) is 91.5 Å². The van der Waals surface area contributed by atoms with Gasteiger partial charge in [-0.3, -0.25) is 28.2 Å². The maximum absolute atomic E-state index is 14.7. The number of pyridine rings is 2. The number of anilines is 2. The number of nitrogens with zero attached hydrogens (tertiary/aromatic N) is 8. The Hall–Kier alpha value is -4.74. The van der Waals surface area contributed by atoms with Crippen LogP contribution in [0, 0.1) is 11.6 Å². The van der Waals surface area contributed by atoms with Crippen molar-refractivity contribution in [1.29, 1.82) is 0 Å². The lowest BCUT2D eigenvalue weighted by atomic mass is 9.97. The second kappa shape index (κ2) is 18.2. The van der Waals surface area contributed by atoms with Crippen LogP contribution < -0.4 is 11.5 Å². The van der Waals surface area contributed by atoms with Gasteiger partial charge < -0.3 is 20.9 Å². The predicted octanol–water partition coefficient (Wildman–Crippen LogP) is 5.77. The molecule has 0 fully saturated rings. The van der Waals surface area contributed by atoms with Crippen molar-refractivity contribution in [2.24, 2.45) is 18.7 Å². The number of aromatic nitrogens is 2. The van der Waals surface area contributed by atoms with Gasteiger partial charge in [0.2, 0.25) is 0 Å². The number of ether oxygens (including phenoxy) is 2. The van der Waals surface area contributed by atoms with Gasteiger partial charge in [0.15, 0.2) is 11.1 Å². The van der Waals surface area contributed by atoms with Gasteiger partial charge >= 0.3 is 11.9 Å². The fourth-order valence-corrected chi connectivity index (χ4v) is 12.2. The van der Waals surface area contributed by atoms with Gasteiger partial charge in [-0.1, -0.05) is 0 Å². The normalized spacial score (nSPS) is 26.5. The highest BCUT2D eigenvalue weighted by atomic mass is 32.2. The minimum Gasteiger partial charge on any atom is -0.460 e. The van der Waals surface area contributed by atoms with Crippen molar-refractivity contribution in [3.8, 4) is 0 Å². The summed E-state index contributed by atoms with van der Waals surface area (Å²) in [5, 5.41) is 0. The van der Waals surface area contributed by atoms with Gasteiger partial charge in [0.05, 0.1) is 24.6 Å². The fourth-order valence-electron chi connectivity index (χ4n) is 7.08. The third-order valence-electron chi connectivity index (χ3n) is 9.58. The first-order chi connectivity index (χ1) is 28.7. The molecular weight excluding hydrogens is 871 g/mol. The summed E-state index contributed by atoms with van der Waals surface area (Å²) < 4.78 is 137. The Morgan fingerprint density at radius 2 is 1.03 bits per heavy atom. The number of nitrogens with two attached hydrogens (primary N) is 2. The zero-order chi connectivity index (χ0) is 46.1. The van der Waals surface area contributed by atoms with Crippen LogP contribution in [-0.2, 0) is 50.0 Å². The second-order valence-corrected chi connectivity index (χ2v) is 21.4. The molecule has 0 radical (unpaired) electrons. The molecule has 0 saturated carbocycles. The number of carbonyl (C=O) groups is 2. The summed E-state index contributed by atoms with van der Waals surface area (Å²) >= 11 is 0. The summed E-state index contributed by atoms with van der Waals surface area (Å²) in [4.78, 5) is 40.7. The van der Waals surface area contributed by atoms with Gasteiger partial charge in [0, 0.05) is 13.1 Å². The van der Waals surface area contributed by atoms with Gasteiger partial charge in [-0.15, -0.1) is 0 Å². The largest absolute Gasteiger partial charge is 0.460 e. The maximum Gasteiger partial charge on any atom is 0.313 e. The van der Waals surface area contributed by atoms with E-state index in [0.717, 1.165) is 24.3 Å². The van der Waals surface area contributed by atoms with E-state index in [9.17, 15) is 44.3 Å². The van der Waals surface area contributed by atoms with Crippen molar-refractivity contribution in [1.82, 2.24) is 18.6 Å². The van der Waals surface area contributed by atoms with Crippen molar-refractivity contribution in [3.63, 3.8) is 0 Å². The van der Waals surface area contributed by atoms with Crippen molar-refractivity contribution < 1.29 is 53.8 Å². The lowest BCUT2D eigenvalue weighted by Crippen LogP contribution is -2.54. The molecule has 4 N–H and O–H groups in total. The SMILES string of the molecule is CC(C)(C)OC(=O)CC1=N[C@@](c2nc(N)ccc2F)(C(F)F)C[S@@]2(=O)=NCCCCN12.CC(C)(C)OC(=O)CC1=N[C@@](c2nc(N)ccc2F)(C(F)F)C[S@]2(=O)=NCCCCN12. The Bertz CT molecular complexity index is 2200. The van der Waals surface area contributed by atoms with Gasteiger partial charge in [0.25, 0.3) is 12.9 Å². The average molecular weight is 923 g/mol. The smallest absolute Gasteiger partial charge is 0.313 e. The van der Waals surface area contributed by atoms with Crippen LogP contribution in [0.25, 0.3) is 0 Å². The van der Waals surface area contributed by atoms with Crippen LogP contribution in [0.3, 0.4) is 0 Å². The van der Waals surface area contributed by atoms with E-state index in [1.54, 1.807) is 41.5 Å². The number of esters is 2. The Labute approximate surface area is 356 Å². The third-order valence-corrected chi connectivity index (χ3v) is 14.6. The highest BCUT2D eigenvalue weighted by molar-refractivity contribution is 7.92. The molecule has 6 heterocycles. The standard InChI is InChI=1S/2C19H26F3N5O3S/c2*1-18(2,3)30-15(28)10-14-26-19(17(21)22,16-12(20)6-7-13(23)25-16)11-31(29)24-8-4-5-9-27(14)31/h2*6-7,17H,4-5,8-11H2,1-3H3,(H2,23,25)/t19-,31+;19-,31-/m00/s1. The summed E-state index contributed by atoms with van der Waals surface area (Å²) in [6.07, 6.45) is -5.21. The molecular formula is C38H52F6N10O6S2. The van der Waals surface area contributed by atoms with Crippen LogP contribution in [-0.4, -0.2) is 112 Å². The van der Waals surface area contributed by atoms with Crippen molar-refractivity contribution in [3.05, 3.63) is 47.3 Å². The molecule has 0 saturated heterocycles. The molecule has 62 heavy (non-hydrogen) atoms. The highest BCUT2D eigenvalue weighted by Gasteiger charge is 2.55. The minimum atomic E-state index is -3.45. The van der Waals surface area contributed by atoms with Crippen molar-refractivity contribution >= 4 is 55.1 Å². The Balaban J connectivity index is 0.000000234. The topological polar surface area (TPSA) is 220 Å². The summed E-state index contributed by atoms with van der Waals surface area (Å²) in [5.74, 6) is -5.83. The van der Waals surface area contributed by atoms with E-state index < -0.39 is 114 Å². The maximum atomic E-state index is 14.7. The first kappa shape index (κ1) is 48.3. The lowest BCUT2D eigenvalue weighted by molar-refractivity contribution is -0.154. The lowest BCUT2D eigenvalue weighted by Gasteiger charge is -2.40. The molecule has 24 heteroatoms. The highest BCUT2D eigenvalue weighted by Crippen LogP contribution is 2.43. The van der Waals surface area contributed by atoms with E-state index in [1.807, 2.05) is 0 Å². The molecule has 4 aliphatic heterocycles. The van der Waals surface area contributed by atoms with Gasteiger partial charge in [-0.25, -0.2) is 53.5 Å². The van der Waals surface area contributed by atoms with Crippen molar-refractivity contribution in [2.45, 2.75) is 115 Å². The molecule has 2 aromatic heterocycles. The number of hydrogen-bond donors (Lipinski definition) is 2. The van der Waals surface area contributed by atoms with Crippen LogP contribution >= 0.6 is 0 Å². The van der Waals surface area contributed by atoms with Crippen LogP contribution in [0.1, 0.15) is 91.5 Å². The van der Waals surface area contributed by atoms with E-state index >= 15 is 0 Å². The molecule has 0 aromatic carbocycles. The molecule has 4 aliphatic rings. The van der Waals surface area contributed by atoms with E-state index in [1.165, 1.54) is 8.61 Å². The zero-order valence-corrected chi connectivity index (χ0v) is 36.8. The molecule has 0 spiro atoms. The number of rotatable bonds is 8. The molecule has 4 atom stereocenters. The minimum absolute atomic E-state index is 0.180. The number of hydrogen-bond acceptors (Lipinski definition) is 14. The second-order valence-electron chi connectivity index (χ2n) is 17.0. The summed E-state index contributed by atoms with van der Waals surface area (Å²) in [5.41, 5.74) is 2.96. The van der Waals surface area contributed by atoms with E-state index in [4.69, 9.17) is 20.9 Å². The molecule has 0 unspecified atom stereocenters. The van der Waals surface area contributed by atoms with Gasteiger partial charge in [-0.2, -0.15) is 0 Å². The third kappa shape index (κ3) is 10.7. The molecule has 16 nitrogen and oxygen atoms in total.